The molecule has 0 saturated heterocycles. The van der Waals surface area contributed by atoms with Gasteiger partial charge >= 0.3 is 0 Å². The number of benzene rings is 1. The zero-order valence-corrected chi connectivity index (χ0v) is 11.2. The highest BCUT2D eigenvalue weighted by molar-refractivity contribution is 5.28. The third-order valence-electron chi connectivity index (χ3n) is 2.91. The molecule has 1 heterocycles. The summed E-state index contributed by atoms with van der Waals surface area (Å²) in [5, 5.41) is 3.32. The highest BCUT2D eigenvalue weighted by Gasteiger charge is 2.18. The first-order valence-electron chi connectivity index (χ1n) is 6.48. The van der Waals surface area contributed by atoms with Gasteiger partial charge in [0.05, 0.1) is 23.6 Å². The van der Waals surface area contributed by atoms with Gasteiger partial charge in [-0.1, -0.05) is 25.1 Å². The summed E-state index contributed by atoms with van der Waals surface area (Å²) in [5.41, 5.74) is 2.20. The maximum Gasteiger partial charge on any atom is 0.128 e. The average Bonchev–Trinajstić information content (AvgIpc) is 2.43. The van der Waals surface area contributed by atoms with Gasteiger partial charge in [-0.25, -0.2) is 4.39 Å². The lowest BCUT2D eigenvalue weighted by atomic mass is 10.0. The topological polar surface area (TPSA) is 37.8 Å². The van der Waals surface area contributed by atoms with E-state index >= 15 is 0 Å². The molecule has 0 radical (unpaired) electrons. The van der Waals surface area contributed by atoms with Crippen LogP contribution in [0.25, 0.3) is 0 Å². The van der Waals surface area contributed by atoms with E-state index in [4.69, 9.17) is 0 Å². The van der Waals surface area contributed by atoms with Crippen LogP contribution in [0, 0.1) is 12.7 Å². The first-order valence-corrected chi connectivity index (χ1v) is 6.48. The van der Waals surface area contributed by atoms with E-state index in [1.54, 1.807) is 24.5 Å². The molecule has 1 aromatic carbocycles. The van der Waals surface area contributed by atoms with Crippen molar-refractivity contribution >= 4 is 0 Å². The minimum absolute atomic E-state index is 0.224. The van der Waals surface area contributed by atoms with Crippen LogP contribution in [0.1, 0.15) is 36.3 Å². The fourth-order valence-corrected chi connectivity index (χ4v) is 1.92. The molecule has 0 aliphatic rings. The second-order valence-electron chi connectivity index (χ2n) is 4.49. The molecular formula is C15H18FN3. The smallest absolute Gasteiger partial charge is 0.128 e. The molecule has 0 aliphatic carbocycles. The number of hydrogen-bond acceptors (Lipinski definition) is 3. The zero-order valence-electron chi connectivity index (χ0n) is 11.2. The third-order valence-corrected chi connectivity index (χ3v) is 2.91. The summed E-state index contributed by atoms with van der Waals surface area (Å²) in [7, 11) is 0. The highest BCUT2D eigenvalue weighted by atomic mass is 19.1. The van der Waals surface area contributed by atoms with Crippen molar-refractivity contribution in [3.63, 3.8) is 0 Å². The quantitative estimate of drug-likeness (QED) is 0.897. The maximum absolute atomic E-state index is 13.9. The van der Waals surface area contributed by atoms with Crippen molar-refractivity contribution in [2.24, 2.45) is 0 Å². The number of hydrogen-bond donors (Lipinski definition) is 1. The number of aromatic nitrogens is 2. The number of nitrogens with zero attached hydrogens (tertiary/aromatic N) is 2. The molecule has 0 saturated carbocycles. The van der Waals surface area contributed by atoms with Crippen LogP contribution in [0.3, 0.4) is 0 Å². The summed E-state index contributed by atoms with van der Waals surface area (Å²) in [6, 6.07) is 6.52. The molecule has 0 fully saturated rings. The Morgan fingerprint density at radius 2 is 2.00 bits per heavy atom. The fraction of sp³-hybridized carbons (Fsp3) is 0.333. The van der Waals surface area contributed by atoms with Crippen molar-refractivity contribution in [1.29, 1.82) is 0 Å². The molecule has 3 nitrogen and oxygen atoms in total. The van der Waals surface area contributed by atoms with Crippen molar-refractivity contribution in [3.8, 4) is 0 Å². The SMILES string of the molecule is CCCNC(c1cnc(C)cn1)c1ccccc1F. The first kappa shape index (κ1) is 13.6. The lowest BCUT2D eigenvalue weighted by Gasteiger charge is -2.18. The monoisotopic (exact) mass is 259 g/mol. The van der Waals surface area contributed by atoms with Crippen molar-refractivity contribution < 1.29 is 4.39 Å². The molecule has 19 heavy (non-hydrogen) atoms. The van der Waals surface area contributed by atoms with Gasteiger partial charge in [-0.05, 0) is 26.0 Å². The molecule has 1 unspecified atom stereocenters. The largest absolute Gasteiger partial charge is 0.305 e. The Morgan fingerprint density at radius 3 is 2.63 bits per heavy atom. The van der Waals surface area contributed by atoms with Gasteiger partial charge in [0, 0.05) is 11.8 Å². The van der Waals surface area contributed by atoms with Gasteiger partial charge in [0.2, 0.25) is 0 Å². The number of halogens is 1. The summed E-state index contributed by atoms with van der Waals surface area (Å²) in [6.45, 7) is 4.76. The number of rotatable bonds is 5. The van der Waals surface area contributed by atoms with Crippen LogP contribution in [0.2, 0.25) is 0 Å². The van der Waals surface area contributed by atoms with Gasteiger partial charge in [0.25, 0.3) is 0 Å². The van der Waals surface area contributed by atoms with E-state index in [9.17, 15) is 4.39 Å². The van der Waals surface area contributed by atoms with Crippen molar-refractivity contribution in [3.05, 3.63) is 59.4 Å². The molecule has 1 atom stereocenters. The Bertz CT molecular complexity index is 525. The van der Waals surface area contributed by atoms with E-state index in [1.165, 1.54) is 6.07 Å². The molecular weight excluding hydrogens is 241 g/mol. The zero-order chi connectivity index (χ0) is 13.7. The van der Waals surface area contributed by atoms with E-state index in [0.717, 1.165) is 24.4 Å². The maximum atomic E-state index is 13.9. The number of aryl methyl sites for hydroxylation is 1. The molecule has 0 aliphatic heterocycles. The average molecular weight is 259 g/mol. The predicted octanol–water partition coefficient (Wildman–Crippen LogP) is 3.01. The van der Waals surface area contributed by atoms with Crippen LogP contribution in [-0.4, -0.2) is 16.5 Å². The molecule has 100 valence electrons. The Hall–Kier alpha value is -1.81. The summed E-state index contributed by atoms with van der Waals surface area (Å²) >= 11 is 0. The number of nitrogens with one attached hydrogen (secondary N) is 1. The van der Waals surface area contributed by atoms with Crippen molar-refractivity contribution in [2.75, 3.05) is 6.54 Å². The van der Waals surface area contributed by atoms with E-state index in [2.05, 4.69) is 22.2 Å². The normalized spacial score (nSPS) is 12.4. The van der Waals surface area contributed by atoms with E-state index in [1.807, 2.05) is 13.0 Å². The Kier molecular flexibility index (Phi) is 4.58. The fourth-order valence-electron chi connectivity index (χ4n) is 1.92. The van der Waals surface area contributed by atoms with Crippen molar-refractivity contribution in [1.82, 2.24) is 15.3 Å². The van der Waals surface area contributed by atoms with Crippen LogP contribution >= 0.6 is 0 Å². The van der Waals surface area contributed by atoms with Gasteiger partial charge in [-0.15, -0.1) is 0 Å². The molecule has 1 N–H and O–H groups in total. The van der Waals surface area contributed by atoms with E-state index in [-0.39, 0.29) is 11.9 Å². The highest BCUT2D eigenvalue weighted by Crippen LogP contribution is 2.22. The van der Waals surface area contributed by atoms with Gasteiger partial charge in [0.1, 0.15) is 5.82 Å². The van der Waals surface area contributed by atoms with Gasteiger partial charge in [0.15, 0.2) is 0 Å². The Morgan fingerprint density at radius 1 is 1.21 bits per heavy atom. The van der Waals surface area contributed by atoms with E-state index in [0.29, 0.717) is 5.56 Å². The van der Waals surface area contributed by atoms with Gasteiger partial charge in [-0.3, -0.25) is 9.97 Å². The Labute approximate surface area is 112 Å². The first-order chi connectivity index (χ1) is 9.22. The van der Waals surface area contributed by atoms with Gasteiger partial charge in [-0.2, -0.15) is 0 Å². The minimum Gasteiger partial charge on any atom is -0.305 e. The van der Waals surface area contributed by atoms with E-state index < -0.39 is 0 Å². The third kappa shape index (κ3) is 3.35. The molecule has 0 spiro atoms. The second kappa shape index (κ2) is 6.38. The Balaban J connectivity index is 2.35. The second-order valence-corrected chi connectivity index (χ2v) is 4.49. The standard InChI is InChI=1S/C15H18FN3/c1-3-8-17-15(12-6-4-5-7-13(12)16)14-10-18-11(2)9-19-14/h4-7,9-10,15,17H,3,8H2,1-2H3. The van der Waals surface area contributed by atoms with Crippen LogP contribution in [-0.2, 0) is 0 Å². The van der Waals surface area contributed by atoms with Gasteiger partial charge < -0.3 is 5.32 Å². The summed E-state index contributed by atoms with van der Waals surface area (Å²) in [5.74, 6) is -0.224. The van der Waals surface area contributed by atoms with Crippen molar-refractivity contribution in [2.45, 2.75) is 26.3 Å². The molecule has 0 amide bonds. The van der Waals surface area contributed by atoms with Crippen LogP contribution in [0.4, 0.5) is 4.39 Å². The lowest BCUT2D eigenvalue weighted by Crippen LogP contribution is -2.25. The molecule has 2 rings (SSSR count). The predicted molar refractivity (Wildman–Crippen MR) is 73.3 cm³/mol. The lowest BCUT2D eigenvalue weighted by molar-refractivity contribution is 0.538. The summed E-state index contributed by atoms with van der Waals surface area (Å²) < 4.78 is 13.9. The molecule has 0 bridgehead atoms. The summed E-state index contributed by atoms with van der Waals surface area (Å²) in [6.07, 6.45) is 4.39. The van der Waals surface area contributed by atoms with Crippen LogP contribution in [0.5, 0.6) is 0 Å². The molecule has 1 aromatic heterocycles. The summed E-state index contributed by atoms with van der Waals surface area (Å²) in [4.78, 5) is 8.60. The van der Waals surface area contributed by atoms with Crippen LogP contribution < -0.4 is 5.32 Å². The molecule has 4 heteroatoms. The van der Waals surface area contributed by atoms with Crippen LogP contribution in [0.15, 0.2) is 36.7 Å². The molecule has 2 aromatic rings. The minimum atomic E-state index is -0.255.